The van der Waals surface area contributed by atoms with Gasteiger partial charge in [0.25, 0.3) is 0 Å². The van der Waals surface area contributed by atoms with Gasteiger partial charge in [0.2, 0.25) is 6.54 Å². The molecule has 11 heteroatoms. The van der Waals surface area contributed by atoms with Crippen molar-refractivity contribution in [3.63, 3.8) is 0 Å². The molecule has 3 aromatic carbocycles. The van der Waals surface area contributed by atoms with Gasteiger partial charge in [-0.25, -0.2) is 0 Å². The van der Waals surface area contributed by atoms with Gasteiger partial charge >= 0.3 is 0 Å². The van der Waals surface area contributed by atoms with E-state index in [0.29, 0.717) is 32.3 Å². The summed E-state index contributed by atoms with van der Waals surface area (Å²) in [5.74, 6) is 1.22. The van der Waals surface area contributed by atoms with Gasteiger partial charge in [-0.3, -0.25) is 14.7 Å². The molecule has 7 nitrogen and oxygen atoms in total. The Morgan fingerprint density at radius 3 is 2.61 bits per heavy atom. The van der Waals surface area contributed by atoms with Crippen LogP contribution in [-0.2, 0) is 6.61 Å². The smallest absolute Gasteiger partial charge is 0.220 e. The molecule has 0 bridgehead atoms. The van der Waals surface area contributed by atoms with Crippen molar-refractivity contribution in [3.05, 3.63) is 108 Å². The van der Waals surface area contributed by atoms with Crippen LogP contribution in [-0.4, -0.2) is 26.2 Å². The molecule has 0 amide bonds. The SMILES string of the molecule is Cc1cccc(-n2c(C)nnc2S[C@@H](C[N+](=O)[O-])c2cc(Br)ccc2OCc2ccc(Cl)c(Cl)c2)c1. The van der Waals surface area contributed by atoms with Crippen LogP contribution in [0.3, 0.4) is 0 Å². The van der Waals surface area contributed by atoms with E-state index in [4.69, 9.17) is 27.9 Å². The maximum absolute atomic E-state index is 11.7. The summed E-state index contributed by atoms with van der Waals surface area (Å²) >= 11 is 16.9. The lowest BCUT2D eigenvalue weighted by Crippen LogP contribution is -2.13. The van der Waals surface area contributed by atoms with Crippen LogP contribution in [0.5, 0.6) is 5.75 Å². The predicted molar refractivity (Wildman–Crippen MR) is 146 cm³/mol. The fourth-order valence-corrected chi connectivity index (χ4v) is 5.53. The van der Waals surface area contributed by atoms with Crippen LogP contribution in [0.1, 0.15) is 27.8 Å². The molecule has 0 saturated heterocycles. The highest BCUT2D eigenvalue weighted by atomic mass is 79.9. The number of hydrogen-bond acceptors (Lipinski definition) is 6. The molecule has 0 aliphatic heterocycles. The van der Waals surface area contributed by atoms with Gasteiger partial charge in [-0.05, 0) is 67.4 Å². The molecule has 1 heterocycles. The molecule has 4 rings (SSSR count). The van der Waals surface area contributed by atoms with E-state index in [1.54, 1.807) is 18.2 Å². The molecular formula is C25H21BrCl2N4O3S. The number of ether oxygens (including phenoxy) is 1. The van der Waals surface area contributed by atoms with Gasteiger partial charge < -0.3 is 4.74 Å². The number of hydrogen-bond donors (Lipinski definition) is 0. The second kappa shape index (κ2) is 11.6. The van der Waals surface area contributed by atoms with E-state index >= 15 is 0 Å². The molecule has 0 spiro atoms. The van der Waals surface area contributed by atoms with Crippen molar-refractivity contribution in [2.75, 3.05) is 6.54 Å². The van der Waals surface area contributed by atoms with Crippen LogP contribution in [0.4, 0.5) is 0 Å². The fraction of sp³-hybridized carbons (Fsp3) is 0.200. The standard InChI is InChI=1S/C25H21BrCl2N4O3S/c1-15-4-3-5-19(10-15)32-16(2)29-30-25(32)36-24(13-31(33)34)20-12-18(26)7-9-23(20)35-14-17-6-8-21(27)22(28)11-17/h3-12,24H,13-14H2,1-2H3/t24-/m0/s1. The van der Waals surface area contributed by atoms with Gasteiger partial charge in [-0.15, -0.1) is 10.2 Å². The van der Waals surface area contributed by atoms with Crippen molar-refractivity contribution in [2.45, 2.75) is 30.9 Å². The maximum atomic E-state index is 11.7. The van der Waals surface area contributed by atoms with Gasteiger partial charge in [0.1, 0.15) is 23.4 Å². The number of thioether (sulfide) groups is 1. The third kappa shape index (κ3) is 6.39. The zero-order valence-electron chi connectivity index (χ0n) is 19.3. The van der Waals surface area contributed by atoms with Crippen molar-refractivity contribution < 1.29 is 9.66 Å². The Morgan fingerprint density at radius 1 is 1.08 bits per heavy atom. The lowest BCUT2D eigenvalue weighted by molar-refractivity contribution is -0.479. The van der Waals surface area contributed by atoms with E-state index in [2.05, 4.69) is 26.1 Å². The summed E-state index contributed by atoms with van der Waals surface area (Å²) in [5.41, 5.74) is 3.47. The molecule has 1 atom stereocenters. The minimum Gasteiger partial charge on any atom is -0.489 e. The van der Waals surface area contributed by atoms with Crippen molar-refractivity contribution in [2.24, 2.45) is 0 Å². The largest absolute Gasteiger partial charge is 0.489 e. The van der Waals surface area contributed by atoms with E-state index < -0.39 is 5.25 Å². The zero-order valence-corrected chi connectivity index (χ0v) is 23.2. The normalized spacial score (nSPS) is 11.9. The first-order valence-corrected chi connectivity index (χ1v) is 13.3. The van der Waals surface area contributed by atoms with Crippen molar-refractivity contribution in [3.8, 4) is 11.4 Å². The molecule has 36 heavy (non-hydrogen) atoms. The van der Waals surface area contributed by atoms with Gasteiger partial charge in [0, 0.05) is 20.6 Å². The topological polar surface area (TPSA) is 83.1 Å². The lowest BCUT2D eigenvalue weighted by Gasteiger charge is -2.18. The summed E-state index contributed by atoms with van der Waals surface area (Å²) in [5, 5.41) is 21.1. The summed E-state index contributed by atoms with van der Waals surface area (Å²) < 4.78 is 8.79. The Bertz CT molecular complexity index is 1420. The number of nitrogens with zero attached hydrogens (tertiary/aromatic N) is 4. The van der Waals surface area contributed by atoms with Gasteiger partial charge in [-0.1, -0.05) is 69.1 Å². The molecule has 1 aromatic heterocycles. The highest BCUT2D eigenvalue weighted by Gasteiger charge is 2.27. The van der Waals surface area contributed by atoms with Crippen LogP contribution < -0.4 is 4.74 Å². The van der Waals surface area contributed by atoms with Gasteiger partial charge in [0.05, 0.1) is 10.0 Å². The summed E-state index contributed by atoms with van der Waals surface area (Å²) in [6, 6.07) is 18.7. The number of nitro groups is 1. The molecule has 0 fully saturated rings. The van der Waals surface area contributed by atoms with Crippen molar-refractivity contribution in [1.29, 1.82) is 0 Å². The van der Waals surface area contributed by atoms with E-state index in [1.165, 1.54) is 11.8 Å². The summed E-state index contributed by atoms with van der Waals surface area (Å²) in [6.07, 6.45) is 0. The van der Waals surface area contributed by atoms with E-state index in [0.717, 1.165) is 21.3 Å². The Hall–Kier alpha value is -2.59. The molecule has 4 aromatic rings. The van der Waals surface area contributed by atoms with Crippen LogP contribution in [0.25, 0.3) is 5.69 Å². The second-order valence-corrected chi connectivity index (χ2v) is 10.9. The quantitative estimate of drug-likeness (QED) is 0.110. The summed E-state index contributed by atoms with van der Waals surface area (Å²) in [6.45, 7) is 3.75. The summed E-state index contributed by atoms with van der Waals surface area (Å²) in [4.78, 5) is 11.4. The number of halogens is 3. The molecule has 0 N–H and O–H groups in total. The summed E-state index contributed by atoms with van der Waals surface area (Å²) in [7, 11) is 0. The predicted octanol–water partition coefficient (Wildman–Crippen LogP) is 7.64. The Balaban J connectivity index is 1.68. The third-order valence-electron chi connectivity index (χ3n) is 5.31. The molecule has 0 radical (unpaired) electrons. The highest BCUT2D eigenvalue weighted by molar-refractivity contribution is 9.10. The average Bonchev–Trinajstić information content (AvgIpc) is 3.19. The Labute approximate surface area is 231 Å². The molecular weight excluding hydrogens is 587 g/mol. The molecule has 0 aliphatic rings. The molecule has 186 valence electrons. The lowest BCUT2D eigenvalue weighted by atomic mass is 10.1. The van der Waals surface area contributed by atoms with E-state index in [-0.39, 0.29) is 18.1 Å². The number of aryl methyl sites for hydroxylation is 2. The number of rotatable bonds is 9. The van der Waals surface area contributed by atoms with Crippen LogP contribution >= 0.6 is 50.9 Å². The average molecular weight is 608 g/mol. The van der Waals surface area contributed by atoms with Crippen LogP contribution in [0.2, 0.25) is 10.0 Å². The monoisotopic (exact) mass is 606 g/mol. The van der Waals surface area contributed by atoms with Gasteiger partial charge in [-0.2, -0.15) is 0 Å². The molecule has 0 saturated carbocycles. The molecule has 0 aliphatic carbocycles. The highest BCUT2D eigenvalue weighted by Crippen LogP contribution is 2.41. The second-order valence-electron chi connectivity index (χ2n) is 8.05. The Kier molecular flexibility index (Phi) is 8.56. The third-order valence-corrected chi connectivity index (χ3v) is 7.71. The first kappa shape index (κ1) is 26.5. The van der Waals surface area contributed by atoms with Crippen LogP contribution in [0.15, 0.2) is 70.3 Å². The van der Waals surface area contributed by atoms with Crippen molar-refractivity contribution in [1.82, 2.24) is 14.8 Å². The minimum absolute atomic E-state index is 0.222. The van der Waals surface area contributed by atoms with E-state index in [9.17, 15) is 10.1 Å². The molecule has 0 unspecified atom stereocenters. The zero-order chi connectivity index (χ0) is 25.8. The Morgan fingerprint density at radius 2 is 1.89 bits per heavy atom. The maximum Gasteiger partial charge on any atom is 0.220 e. The fourth-order valence-electron chi connectivity index (χ4n) is 3.64. The first-order chi connectivity index (χ1) is 17.2. The van der Waals surface area contributed by atoms with E-state index in [1.807, 2.05) is 60.9 Å². The minimum atomic E-state index is -0.589. The number of aromatic nitrogens is 3. The first-order valence-electron chi connectivity index (χ1n) is 10.8. The number of benzene rings is 3. The van der Waals surface area contributed by atoms with Gasteiger partial charge in [0.15, 0.2) is 5.16 Å². The van der Waals surface area contributed by atoms with Crippen LogP contribution in [0, 0.1) is 24.0 Å². The van der Waals surface area contributed by atoms with Crippen molar-refractivity contribution >= 4 is 50.9 Å².